The number of Topliss-reactive ketones (excluding diaryl/α,β-unsaturated/α-hetero) is 1. The molecule has 0 aliphatic heterocycles. The molecule has 1 aromatic carbocycles. The molecule has 0 amide bonds. The van der Waals surface area contributed by atoms with E-state index in [-0.39, 0.29) is 30.1 Å². The highest BCUT2D eigenvalue weighted by atomic mass is 16.5. The van der Waals surface area contributed by atoms with Gasteiger partial charge >= 0.3 is 5.97 Å². The van der Waals surface area contributed by atoms with Crippen molar-refractivity contribution in [1.82, 2.24) is 0 Å². The molecule has 0 aliphatic carbocycles. The highest BCUT2D eigenvalue weighted by molar-refractivity contribution is 5.98. The van der Waals surface area contributed by atoms with Gasteiger partial charge in [-0.25, -0.2) is 4.79 Å². The highest BCUT2D eigenvalue weighted by Gasteiger charge is 2.10. The zero-order chi connectivity index (χ0) is 12.0. The Morgan fingerprint density at radius 1 is 1.38 bits per heavy atom. The third kappa shape index (κ3) is 3.24. The second-order valence-corrected chi connectivity index (χ2v) is 3.06. The third-order valence-electron chi connectivity index (χ3n) is 1.94. The summed E-state index contributed by atoms with van der Waals surface area (Å²) in [5.74, 6) is -0.900. The topological polar surface area (TPSA) is 63.6 Å². The van der Waals surface area contributed by atoms with Gasteiger partial charge in [0.15, 0.2) is 5.78 Å². The lowest BCUT2D eigenvalue weighted by atomic mass is 10.1. The number of aromatic hydroxyl groups is 1. The van der Waals surface area contributed by atoms with Crippen molar-refractivity contribution >= 4 is 11.8 Å². The Morgan fingerprint density at radius 3 is 2.69 bits per heavy atom. The molecule has 84 valence electrons. The van der Waals surface area contributed by atoms with E-state index in [0.29, 0.717) is 0 Å². The fourth-order valence-electron chi connectivity index (χ4n) is 1.15. The van der Waals surface area contributed by atoms with Crippen molar-refractivity contribution in [2.24, 2.45) is 0 Å². The van der Waals surface area contributed by atoms with Crippen molar-refractivity contribution in [1.29, 1.82) is 0 Å². The number of esters is 1. The number of phenols is 1. The van der Waals surface area contributed by atoms with Crippen LogP contribution >= 0.6 is 0 Å². The summed E-state index contributed by atoms with van der Waals surface area (Å²) in [6, 6.07) is 6.24. The van der Waals surface area contributed by atoms with Crippen molar-refractivity contribution in [2.75, 3.05) is 6.61 Å². The average Bonchev–Trinajstić information content (AvgIpc) is 2.29. The molecule has 0 saturated heterocycles. The zero-order valence-electron chi connectivity index (χ0n) is 8.68. The molecule has 1 aromatic rings. The fourth-order valence-corrected chi connectivity index (χ4v) is 1.15. The van der Waals surface area contributed by atoms with E-state index in [0.717, 1.165) is 6.08 Å². The van der Waals surface area contributed by atoms with Crippen LogP contribution in [0.1, 0.15) is 16.8 Å². The molecule has 0 radical (unpaired) electrons. The lowest BCUT2D eigenvalue weighted by Gasteiger charge is -2.03. The van der Waals surface area contributed by atoms with Gasteiger partial charge in [0.1, 0.15) is 5.75 Å². The second kappa shape index (κ2) is 5.70. The van der Waals surface area contributed by atoms with Crippen LogP contribution in [-0.4, -0.2) is 23.5 Å². The van der Waals surface area contributed by atoms with E-state index >= 15 is 0 Å². The van der Waals surface area contributed by atoms with Crippen LogP contribution in [0.3, 0.4) is 0 Å². The summed E-state index contributed by atoms with van der Waals surface area (Å²) < 4.78 is 4.66. The highest BCUT2D eigenvalue weighted by Crippen LogP contribution is 2.17. The summed E-state index contributed by atoms with van der Waals surface area (Å²) in [6.07, 6.45) is 1.07. The molecule has 0 unspecified atom stereocenters. The molecule has 1 N–H and O–H groups in total. The number of rotatable bonds is 5. The molecule has 4 nitrogen and oxygen atoms in total. The number of ether oxygens (including phenoxy) is 1. The monoisotopic (exact) mass is 220 g/mol. The molecule has 0 saturated carbocycles. The Kier molecular flexibility index (Phi) is 4.27. The lowest BCUT2D eigenvalue weighted by Crippen LogP contribution is -2.08. The summed E-state index contributed by atoms with van der Waals surface area (Å²) in [5, 5.41) is 9.39. The zero-order valence-corrected chi connectivity index (χ0v) is 8.68. The maximum absolute atomic E-state index is 11.6. The van der Waals surface area contributed by atoms with Crippen LogP contribution in [0, 0.1) is 0 Å². The van der Waals surface area contributed by atoms with Crippen LogP contribution in [0.2, 0.25) is 0 Å². The molecule has 0 aromatic heterocycles. The Labute approximate surface area is 93.2 Å². The van der Waals surface area contributed by atoms with Gasteiger partial charge in [-0.15, -0.1) is 0 Å². The predicted molar refractivity (Wildman–Crippen MR) is 58.2 cm³/mol. The number of benzene rings is 1. The van der Waals surface area contributed by atoms with Gasteiger partial charge in [-0.3, -0.25) is 4.79 Å². The first kappa shape index (κ1) is 12.0. The van der Waals surface area contributed by atoms with Crippen LogP contribution in [0.15, 0.2) is 36.9 Å². The Bertz CT molecular complexity index is 409. The third-order valence-corrected chi connectivity index (χ3v) is 1.94. The number of carbonyl (C=O) groups is 2. The van der Waals surface area contributed by atoms with Crippen molar-refractivity contribution in [3.05, 3.63) is 42.5 Å². The minimum Gasteiger partial charge on any atom is -0.507 e. The number of hydrogen-bond acceptors (Lipinski definition) is 4. The molecule has 0 bridgehead atoms. The molecule has 0 spiro atoms. The quantitative estimate of drug-likeness (QED) is 0.466. The number of para-hydroxylation sites is 1. The van der Waals surface area contributed by atoms with Crippen molar-refractivity contribution in [2.45, 2.75) is 6.42 Å². The Hall–Kier alpha value is -2.10. The van der Waals surface area contributed by atoms with Crippen molar-refractivity contribution in [3.63, 3.8) is 0 Å². The van der Waals surface area contributed by atoms with Gasteiger partial charge in [-0.05, 0) is 12.1 Å². The largest absolute Gasteiger partial charge is 0.507 e. The smallest absolute Gasteiger partial charge is 0.330 e. The molecular weight excluding hydrogens is 208 g/mol. The Balaban J connectivity index is 2.50. The van der Waals surface area contributed by atoms with Crippen LogP contribution < -0.4 is 0 Å². The standard InChI is InChI=1S/C12H12O4/c1-2-12(15)16-8-7-11(14)9-5-3-4-6-10(9)13/h2-6,13H,1,7-8H2. The fraction of sp³-hybridized carbons (Fsp3) is 0.167. The maximum atomic E-state index is 11.6. The summed E-state index contributed by atoms with van der Waals surface area (Å²) >= 11 is 0. The maximum Gasteiger partial charge on any atom is 0.330 e. The molecule has 0 atom stereocenters. The van der Waals surface area contributed by atoms with Gasteiger partial charge in [0.25, 0.3) is 0 Å². The minimum absolute atomic E-state index is 0.0159. The van der Waals surface area contributed by atoms with Crippen LogP contribution in [0.5, 0.6) is 5.75 Å². The van der Waals surface area contributed by atoms with Crippen molar-refractivity contribution in [3.8, 4) is 5.75 Å². The minimum atomic E-state index is -0.565. The van der Waals surface area contributed by atoms with Crippen LogP contribution in [0.4, 0.5) is 0 Å². The van der Waals surface area contributed by atoms with E-state index in [2.05, 4.69) is 11.3 Å². The average molecular weight is 220 g/mol. The Morgan fingerprint density at radius 2 is 2.06 bits per heavy atom. The molecule has 0 fully saturated rings. The number of carbonyl (C=O) groups excluding carboxylic acids is 2. The van der Waals surface area contributed by atoms with E-state index in [4.69, 9.17) is 0 Å². The van der Waals surface area contributed by atoms with Crippen LogP contribution in [-0.2, 0) is 9.53 Å². The molecular formula is C12H12O4. The van der Waals surface area contributed by atoms with Gasteiger partial charge in [0, 0.05) is 12.5 Å². The van der Waals surface area contributed by atoms with Gasteiger partial charge < -0.3 is 9.84 Å². The van der Waals surface area contributed by atoms with E-state index in [9.17, 15) is 14.7 Å². The van der Waals surface area contributed by atoms with E-state index in [1.165, 1.54) is 12.1 Å². The summed E-state index contributed by atoms with van der Waals surface area (Å²) in [4.78, 5) is 22.3. The first-order chi connectivity index (χ1) is 7.65. The first-order valence-electron chi connectivity index (χ1n) is 4.75. The van der Waals surface area contributed by atoms with Gasteiger partial charge in [-0.2, -0.15) is 0 Å². The number of phenolic OH excluding ortho intramolecular Hbond substituents is 1. The number of hydrogen-bond donors (Lipinski definition) is 1. The van der Waals surface area contributed by atoms with E-state index < -0.39 is 5.97 Å². The molecule has 16 heavy (non-hydrogen) atoms. The van der Waals surface area contributed by atoms with Crippen LogP contribution in [0.25, 0.3) is 0 Å². The van der Waals surface area contributed by atoms with Gasteiger partial charge in [-0.1, -0.05) is 18.7 Å². The van der Waals surface area contributed by atoms with Crippen molar-refractivity contribution < 1.29 is 19.4 Å². The van der Waals surface area contributed by atoms with Gasteiger partial charge in [0.2, 0.25) is 0 Å². The normalized spacial score (nSPS) is 9.50. The summed E-state index contributed by atoms with van der Waals surface area (Å²) in [5.41, 5.74) is 0.233. The molecule has 0 heterocycles. The molecule has 0 aliphatic rings. The summed E-state index contributed by atoms with van der Waals surface area (Å²) in [6.45, 7) is 3.22. The lowest BCUT2D eigenvalue weighted by molar-refractivity contribution is -0.137. The molecule has 1 rings (SSSR count). The molecule has 4 heteroatoms. The SMILES string of the molecule is C=CC(=O)OCCC(=O)c1ccccc1O. The predicted octanol–water partition coefficient (Wildman–Crippen LogP) is 1.69. The summed E-state index contributed by atoms with van der Waals surface area (Å²) in [7, 11) is 0. The number of ketones is 1. The second-order valence-electron chi connectivity index (χ2n) is 3.06. The van der Waals surface area contributed by atoms with E-state index in [1.54, 1.807) is 12.1 Å². The van der Waals surface area contributed by atoms with E-state index in [1.807, 2.05) is 0 Å². The first-order valence-corrected chi connectivity index (χ1v) is 4.75. The van der Waals surface area contributed by atoms with Gasteiger partial charge in [0.05, 0.1) is 12.2 Å².